The van der Waals surface area contributed by atoms with Crippen molar-refractivity contribution in [2.24, 2.45) is 5.92 Å². The Labute approximate surface area is 132 Å². The topological polar surface area (TPSA) is 64.6 Å². The molecule has 1 aliphatic carbocycles. The highest BCUT2D eigenvalue weighted by molar-refractivity contribution is 9.10. The van der Waals surface area contributed by atoms with Crippen LogP contribution in [0, 0.1) is 5.92 Å². The van der Waals surface area contributed by atoms with E-state index in [1.165, 1.54) is 20.0 Å². The van der Waals surface area contributed by atoms with Gasteiger partial charge in [-0.3, -0.25) is 4.79 Å². The van der Waals surface area contributed by atoms with E-state index in [2.05, 4.69) is 26.0 Å². The molecule has 0 aliphatic heterocycles. The molecule has 1 amide bonds. The van der Waals surface area contributed by atoms with Crippen molar-refractivity contribution < 1.29 is 19.1 Å². The van der Waals surface area contributed by atoms with Crippen molar-refractivity contribution in [3.8, 4) is 5.75 Å². The van der Waals surface area contributed by atoms with Gasteiger partial charge in [-0.15, -0.1) is 0 Å². The average molecular weight is 356 g/mol. The summed E-state index contributed by atoms with van der Waals surface area (Å²) in [5.41, 5.74) is 0.420. The second kappa shape index (κ2) is 6.93. The molecule has 1 saturated carbocycles. The van der Waals surface area contributed by atoms with E-state index in [0.29, 0.717) is 21.7 Å². The minimum absolute atomic E-state index is 0.0484. The number of rotatable bonds is 6. The highest BCUT2D eigenvalue weighted by Crippen LogP contribution is 2.32. The van der Waals surface area contributed by atoms with Crippen LogP contribution in [0.1, 0.15) is 30.1 Å². The van der Waals surface area contributed by atoms with Crippen LogP contribution in [0.4, 0.5) is 0 Å². The Kier molecular flexibility index (Phi) is 5.22. The standard InChI is InChI=1S/C15H18BrNO4/c1-9(10-3-4-10)17-14(18)8-21-13-6-5-11(7-12(13)16)15(19)20-2/h5-7,9-10H,3-4,8H2,1-2H3,(H,17,18). The summed E-state index contributed by atoms with van der Waals surface area (Å²) >= 11 is 3.31. The van der Waals surface area contributed by atoms with Crippen LogP contribution in [0.15, 0.2) is 22.7 Å². The molecule has 1 fully saturated rings. The third kappa shape index (κ3) is 4.46. The summed E-state index contributed by atoms with van der Waals surface area (Å²) in [5.74, 6) is 0.563. The van der Waals surface area contributed by atoms with Crippen molar-refractivity contribution >= 4 is 27.8 Å². The van der Waals surface area contributed by atoms with E-state index < -0.39 is 5.97 Å². The van der Waals surface area contributed by atoms with E-state index in [9.17, 15) is 9.59 Å². The van der Waals surface area contributed by atoms with E-state index in [1.54, 1.807) is 18.2 Å². The highest BCUT2D eigenvalue weighted by atomic mass is 79.9. The normalized spacial score (nSPS) is 15.2. The maximum atomic E-state index is 11.8. The van der Waals surface area contributed by atoms with E-state index in [0.717, 1.165) is 0 Å². The van der Waals surface area contributed by atoms with Gasteiger partial charge >= 0.3 is 5.97 Å². The fourth-order valence-electron chi connectivity index (χ4n) is 2.02. The van der Waals surface area contributed by atoms with Gasteiger partial charge in [-0.1, -0.05) is 0 Å². The van der Waals surface area contributed by atoms with Gasteiger partial charge in [-0.2, -0.15) is 0 Å². The minimum Gasteiger partial charge on any atom is -0.483 e. The minimum atomic E-state index is -0.418. The molecule has 0 aromatic heterocycles. The molecule has 21 heavy (non-hydrogen) atoms. The maximum Gasteiger partial charge on any atom is 0.337 e. The zero-order chi connectivity index (χ0) is 15.4. The molecule has 1 N–H and O–H groups in total. The number of nitrogens with one attached hydrogen (secondary N) is 1. The third-order valence-electron chi connectivity index (χ3n) is 3.43. The Morgan fingerprint density at radius 2 is 2.14 bits per heavy atom. The van der Waals surface area contributed by atoms with Crippen LogP contribution in [0.3, 0.4) is 0 Å². The van der Waals surface area contributed by atoms with Gasteiger partial charge < -0.3 is 14.8 Å². The fourth-order valence-corrected chi connectivity index (χ4v) is 2.51. The van der Waals surface area contributed by atoms with E-state index in [4.69, 9.17) is 4.74 Å². The van der Waals surface area contributed by atoms with E-state index in [1.807, 2.05) is 6.92 Å². The Balaban J connectivity index is 1.87. The molecule has 0 saturated heterocycles. The number of esters is 1. The molecule has 0 heterocycles. The summed E-state index contributed by atoms with van der Waals surface area (Å²) < 4.78 is 10.7. The van der Waals surface area contributed by atoms with Gasteiger partial charge in [0.25, 0.3) is 5.91 Å². The lowest BCUT2D eigenvalue weighted by Gasteiger charge is -2.14. The Bertz CT molecular complexity index is 542. The average Bonchev–Trinajstić information content (AvgIpc) is 3.29. The molecule has 1 aromatic carbocycles. The monoisotopic (exact) mass is 355 g/mol. The van der Waals surface area contributed by atoms with Crippen molar-refractivity contribution in [1.82, 2.24) is 5.32 Å². The molecule has 1 aromatic rings. The zero-order valence-corrected chi connectivity index (χ0v) is 13.6. The lowest BCUT2D eigenvalue weighted by Crippen LogP contribution is -2.37. The SMILES string of the molecule is COC(=O)c1ccc(OCC(=O)NC(C)C2CC2)c(Br)c1. The van der Waals surface area contributed by atoms with Crippen LogP contribution < -0.4 is 10.1 Å². The summed E-state index contributed by atoms with van der Waals surface area (Å²) in [6, 6.07) is 5.03. The number of hydrogen-bond donors (Lipinski definition) is 1. The number of carbonyl (C=O) groups is 2. The van der Waals surface area contributed by atoms with Crippen LogP contribution in [0.25, 0.3) is 0 Å². The number of benzene rings is 1. The lowest BCUT2D eigenvalue weighted by molar-refractivity contribution is -0.123. The molecule has 0 bridgehead atoms. The van der Waals surface area contributed by atoms with Crippen molar-refractivity contribution in [3.05, 3.63) is 28.2 Å². The number of hydrogen-bond acceptors (Lipinski definition) is 4. The molecule has 6 heteroatoms. The third-order valence-corrected chi connectivity index (χ3v) is 4.05. The molecular weight excluding hydrogens is 338 g/mol. The molecule has 0 spiro atoms. The second-order valence-corrected chi connectivity index (χ2v) is 5.97. The van der Waals surface area contributed by atoms with Gasteiger partial charge in [0.2, 0.25) is 0 Å². The predicted molar refractivity (Wildman–Crippen MR) is 81.3 cm³/mol. The largest absolute Gasteiger partial charge is 0.483 e. The van der Waals surface area contributed by atoms with Gasteiger partial charge in [-0.05, 0) is 59.8 Å². The highest BCUT2D eigenvalue weighted by Gasteiger charge is 2.28. The predicted octanol–water partition coefficient (Wildman–Crippen LogP) is 2.53. The molecule has 2 rings (SSSR count). The summed E-state index contributed by atoms with van der Waals surface area (Å²) in [5, 5.41) is 2.92. The summed E-state index contributed by atoms with van der Waals surface area (Å²) in [6.45, 7) is 1.96. The number of methoxy groups -OCH3 is 1. The first-order valence-electron chi connectivity index (χ1n) is 6.81. The lowest BCUT2D eigenvalue weighted by atomic mass is 10.2. The Hall–Kier alpha value is -1.56. The zero-order valence-electron chi connectivity index (χ0n) is 12.0. The van der Waals surface area contributed by atoms with Gasteiger partial charge in [-0.25, -0.2) is 4.79 Å². The number of halogens is 1. The quantitative estimate of drug-likeness (QED) is 0.796. The van der Waals surface area contributed by atoms with Crippen LogP contribution in [-0.2, 0) is 9.53 Å². The Morgan fingerprint density at radius 3 is 2.71 bits per heavy atom. The first kappa shape index (κ1) is 15.8. The van der Waals surface area contributed by atoms with Gasteiger partial charge in [0.1, 0.15) is 5.75 Å². The summed E-state index contributed by atoms with van der Waals surface area (Å²) in [4.78, 5) is 23.2. The van der Waals surface area contributed by atoms with Crippen LogP contribution in [-0.4, -0.2) is 31.6 Å². The van der Waals surface area contributed by atoms with Crippen LogP contribution >= 0.6 is 15.9 Å². The van der Waals surface area contributed by atoms with Crippen LogP contribution in [0.5, 0.6) is 5.75 Å². The van der Waals surface area contributed by atoms with Crippen molar-refractivity contribution in [1.29, 1.82) is 0 Å². The van der Waals surface area contributed by atoms with E-state index >= 15 is 0 Å². The fraction of sp³-hybridized carbons (Fsp3) is 0.467. The van der Waals surface area contributed by atoms with Crippen molar-refractivity contribution in [3.63, 3.8) is 0 Å². The number of carbonyl (C=O) groups excluding carboxylic acids is 2. The molecule has 1 aliphatic rings. The van der Waals surface area contributed by atoms with Crippen LogP contribution in [0.2, 0.25) is 0 Å². The van der Waals surface area contributed by atoms with Gasteiger partial charge in [0.15, 0.2) is 6.61 Å². The van der Waals surface area contributed by atoms with Crippen molar-refractivity contribution in [2.75, 3.05) is 13.7 Å². The molecule has 114 valence electrons. The molecule has 1 atom stereocenters. The molecule has 1 unspecified atom stereocenters. The summed E-state index contributed by atoms with van der Waals surface area (Å²) in [6.07, 6.45) is 2.37. The number of ether oxygens (including phenoxy) is 2. The summed E-state index contributed by atoms with van der Waals surface area (Å²) in [7, 11) is 1.33. The molecule has 5 nitrogen and oxygen atoms in total. The first-order valence-corrected chi connectivity index (χ1v) is 7.60. The van der Waals surface area contributed by atoms with Gasteiger partial charge in [0, 0.05) is 6.04 Å². The van der Waals surface area contributed by atoms with E-state index in [-0.39, 0.29) is 18.6 Å². The van der Waals surface area contributed by atoms with Crippen molar-refractivity contribution in [2.45, 2.75) is 25.8 Å². The Morgan fingerprint density at radius 1 is 1.43 bits per heavy atom. The smallest absolute Gasteiger partial charge is 0.337 e. The second-order valence-electron chi connectivity index (χ2n) is 5.12. The first-order chi connectivity index (χ1) is 10.0. The molecular formula is C15H18BrNO4. The van der Waals surface area contributed by atoms with Gasteiger partial charge in [0.05, 0.1) is 17.1 Å². The molecule has 0 radical (unpaired) electrons. The maximum absolute atomic E-state index is 11.8. The number of amides is 1.